The quantitative estimate of drug-likeness (QED) is 0.335. The second-order valence-corrected chi connectivity index (χ2v) is 8.49. The van der Waals surface area contributed by atoms with Crippen molar-refractivity contribution in [3.63, 3.8) is 0 Å². The number of carbonyl (C=O) groups is 1. The van der Waals surface area contributed by atoms with E-state index in [-0.39, 0.29) is 0 Å². The zero-order valence-electron chi connectivity index (χ0n) is 19.0. The number of nitrogens with zero attached hydrogens (tertiary/aromatic N) is 4. The second-order valence-electron chi connectivity index (χ2n) is 8.49. The van der Waals surface area contributed by atoms with Gasteiger partial charge in [0.1, 0.15) is 6.04 Å². The van der Waals surface area contributed by atoms with E-state index in [1.165, 1.54) is 0 Å². The molecule has 34 heavy (non-hydrogen) atoms. The van der Waals surface area contributed by atoms with E-state index in [0.29, 0.717) is 19.6 Å². The molecule has 1 aliphatic rings. The van der Waals surface area contributed by atoms with Crippen molar-refractivity contribution < 1.29 is 9.90 Å². The Balaban J connectivity index is 1.31. The molecule has 1 aliphatic heterocycles. The molecular formula is C25H27N7O2. The summed E-state index contributed by atoms with van der Waals surface area (Å²) in [5, 5.41) is 16.7. The maximum absolute atomic E-state index is 11.2. The summed E-state index contributed by atoms with van der Waals surface area (Å²) in [4.78, 5) is 30.4. The maximum atomic E-state index is 11.2. The summed E-state index contributed by atoms with van der Waals surface area (Å²) in [5.74, 6) is -0.801. The smallest absolute Gasteiger partial charge is 0.322 e. The van der Waals surface area contributed by atoms with Crippen molar-refractivity contribution in [1.29, 1.82) is 0 Å². The van der Waals surface area contributed by atoms with Gasteiger partial charge in [0.25, 0.3) is 0 Å². The van der Waals surface area contributed by atoms with E-state index in [9.17, 15) is 9.90 Å². The fourth-order valence-electron chi connectivity index (χ4n) is 4.30. The van der Waals surface area contributed by atoms with Gasteiger partial charge in [-0.3, -0.25) is 19.7 Å². The number of rotatable bonds is 7. The molecule has 4 N–H and O–H groups in total. The molecule has 0 amide bonds. The molecule has 1 unspecified atom stereocenters. The van der Waals surface area contributed by atoms with Crippen LogP contribution >= 0.6 is 0 Å². The van der Waals surface area contributed by atoms with Gasteiger partial charge in [0.15, 0.2) is 0 Å². The van der Waals surface area contributed by atoms with Crippen molar-refractivity contribution in [1.82, 2.24) is 30.2 Å². The molecule has 0 saturated carbocycles. The van der Waals surface area contributed by atoms with Crippen LogP contribution in [0.1, 0.15) is 5.69 Å². The number of hydrogen-bond donors (Lipinski definition) is 4. The molecule has 1 atom stereocenters. The van der Waals surface area contributed by atoms with E-state index >= 15 is 0 Å². The second kappa shape index (κ2) is 9.58. The van der Waals surface area contributed by atoms with Crippen molar-refractivity contribution in [2.75, 3.05) is 38.0 Å². The van der Waals surface area contributed by atoms with Crippen molar-refractivity contribution >= 4 is 22.6 Å². The third kappa shape index (κ3) is 4.75. The monoisotopic (exact) mass is 457 g/mol. The van der Waals surface area contributed by atoms with Crippen LogP contribution < -0.4 is 10.6 Å². The van der Waals surface area contributed by atoms with Crippen molar-refractivity contribution in [3.05, 3.63) is 60.7 Å². The molecule has 5 rings (SSSR count). The predicted octanol–water partition coefficient (Wildman–Crippen LogP) is 2.77. The highest BCUT2D eigenvalue weighted by Crippen LogP contribution is 2.30. The summed E-state index contributed by atoms with van der Waals surface area (Å²) in [5.41, 5.74) is 6.39. The van der Waals surface area contributed by atoms with Crippen LogP contribution in [0.5, 0.6) is 0 Å². The normalized spacial score (nSPS) is 16.6. The van der Waals surface area contributed by atoms with Gasteiger partial charge in [0.05, 0.1) is 40.8 Å². The summed E-state index contributed by atoms with van der Waals surface area (Å²) in [7, 11) is 0. The third-order valence-electron chi connectivity index (χ3n) is 6.05. The van der Waals surface area contributed by atoms with E-state index in [4.69, 9.17) is 0 Å². The molecule has 174 valence electrons. The summed E-state index contributed by atoms with van der Waals surface area (Å²) >= 11 is 0. The highest BCUT2D eigenvalue weighted by atomic mass is 16.4. The van der Waals surface area contributed by atoms with Crippen molar-refractivity contribution in [2.45, 2.75) is 13.0 Å². The first-order valence-electron chi connectivity index (χ1n) is 11.4. The first-order valence-corrected chi connectivity index (χ1v) is 11.4. The van der Waals surface area contributed by atoms with E-state index in [1.54, 1.807) is 6.33 Å². The molecule has 0 radical (unpaired) electrons. The number of carboxylic acid groups (broad SMARTS) is 1. The van der Waals surface area contributed by atoms with Gasteiger partial charge in [0.2, 0.25) is 0 Å². The molecule has 9 heteroatoms. The number of aliphatic carboxylic acids is 1. The first-order chi connectivity index (χ1) is 16.6. The van der Waals surface area contributed by atoms with Gasteiger partial charge in [-0.05, 0) is 37.3 Å². The van der Waals surface area contributed by atoms with Gasteiger partial charge in [-0.25, -0.2) is 4.98 Å². The number of aryl methyl sites for hydroxylation is 1. The Bertz CT molecular complexity index is 1320. The number of aromatic nitrogens is 4. The van der Waals surface area contributed by atoms with E-state index in [2.05, 4.69) is 47.6 Å². The minimum Gasteiger partial charge on any atom is -0.480 e. The van der Waals surface area contributed by atoms with E-state index in [1.807, 2.05) is 43.5 Å². The van der Waals surface area contributed by atoms with Gasteiger partial charge in [-0.15, -0.1) is 0 Å². The number of carboxylic acids is 1. The Morgan fingerprint density at radius 1 is 1.24 bits per heavy atom. The highest BCUT2D eigenvalue weighted by molar-refractivity contribution is 5.88. The van der Waals surface area contributed by atoms with Crippen LogP contribution in [0.2, 0.25) is 0 Å². The molecule has 9 nitrogen and oxygen atoms in total. The number of pyridine rings is 2. The average Bonchev–Trinajstić information content (AvgIpc) is 3.34. The van der Waals surface area contributed by atoms with Gasteiger partial charge in [0, 0.05) is 49.4 Å². The minimum atomic E-state index is -0.801. The van der Waals surface area contributed by atoms with Gasteiger partial charge >= 0.3 is 5.97 Å². The largest absolute Gasteiger partial charge is 0.480 e. The number of aromatic amines is 1. The fourth-order valence-corrected chi connectivity index (χ4v) is 4.30. The topological polar surface area (TPSA) is 119 Å². The molecular weight excluding hydrogens is 430 g/mol. The number of fused-ring (bicyclic) bond motifs is 1. The lowest BCUT2D eigenvalue weighted by Crippen LogP contribution is -2.54. The Hall–Kier alpha value is -3.82. The van der Waals surface area contributed by atoms with Gasteiger partial charge in [-0.1, -0.05) is 12.1 Å². The molecule has 0 spiro atoms. The van der Waals surface area contributed by atoms with Crippen molar-refractivity contribution in [2.24, 2.45) is 0 Å². The number of benzene rings is 1. The summed E-state index contributed by atoms with van der Waals surface area (Å²) in [6.07, 6.45) is 3.52. The summed E-state index contributed by atoms with van der Waals surface area (Å²) in [6, 6.07) is 13.7. The molecule has 4 aromatic rings. The minimum absolute atomic E-state index is 0.503. The van der Waals surface area contributed by atoms with E-state index in [0.717, 1.165) is 58.0 Å². The fraction of sp³-hybridized carbons (Fsp3) is 0.280. The van der Waals surface area contributed by atoms with E-state index < -0.39 is 12.0 Å². The molecule has 3 aromatic heterocycles. The number of piperazine rings is 1. The van der Waals surface area contributed by atoms with Crippen LogP contribution in [0, 0.1) is 6.92 Å². The van der Waals surface area contributed by atoms with Crippen LogP contribution in [-0.4, -0.2) is 74.7 Å². The summed E-state index contributed by atoms with van der Waals surface area (Å²) < 4.78 is 0. The lowest BCUT2D eigenvalue weighted by atomic mass is 10.0. The van der Waals surface area contributed by atoms with Crippen LogP contribution in [0.4, 0.5) is 5.69 Å². The van der Waals surface area contributed by atoms with Crippen LogP contribution in [-0.2, 0) is 4.79 Å². The van der Waals surface area contributed by atoms with Gasteiger partial charge in [-0.2, -0.15) is 0 Å². The average molecular weight is 458 g/mol. The number of imidazole rings is 1. The van der Waals surface area contributed by atoms with Crippen LogP contribution in [0.25, 0.3) is 33.5 Å². The molecule has 1 fully saturated rings. The van der Waals surface area contributed by atoms with Gasteiger partial charge < -0.3 is 20.7 Å². The Morgan fingerprint density at radius 2 is 2.15 bits per heavy atom. The Morgan fingerprint density at radius 3 is 3.00 bits per heavy atom. The molecule has 0 aliphatic carbocycles. The highest BCUT2D eigenvalue weighted by Gasteiger charge is 2.24. The lowest BCUT2D eigenvalue weighted by molar-refractivity contribution is -0.140. The first kappa shape index (κ1) is 22.0. The van der Waals surface area contributed by atoms with Crippen molar-refractivity contribution in [3.8, 4) is 22.6 Å². The molecule has 4 heterocycles. The SMILES string of the molecule is Cc1cccc(-c2[nH]cnc2-c2ccc3ncc(NCCN4CCNC(C(=O)O)C4)cc3c2)n1. The lowest BCUT2D eigenvalue weighted by Gasteiger charge is -2.31. The number of nitrogens with one attached hydrogen (secondary N) is 3. The molecule has 0 bridgehead atoms. The zero-order valence-corrected chi connectivity index (χ0v) is 19.0. The Labute approximate surface area is 197 Å². The van der Waals surface area contributed by atoms with Crippen LogP contribution in [0.15, 0.2) is 55.0 Å². The Kier molecular flexibility index (Phi) is 6.20. The predicted molar refractivity (Wildman–Crippen MR) is 132 cm³/mol. The molecule has 1 aromatic carbocycles. The molecule has 1 saturated heterocycles. The standard InChI is InChI=1S/C25H27N7O2/c1-16-3-2-4-21(31-16)24-23(29-15-30-24)17-5-6-20-18(11-17)12-19(13-28-20)26-7-9-32-10-8-27-22(14-32)25(33)34/h2-6,11-13,15,22,26-27H,7-10,14H2,1H3,(H,29,30)(H,33,34). The van der Waals surface area contributed by atoms with Crippen LogP contribution in [0.3, 0.4) is 0 Å². The number of hydrogen-bond acceptors (Lipinski definition) is 7. The number of H-pyrrole nitrogens is 1. The summed E-state index contributed by atoms with van der Waals surface area (Å²) in [6.45, 7) is 5.49. The third-order valence-corrected chi connectivity index (χ3v) is 6.05. The zero-order chi connectivity index (χ0) is 23.5. The number of anilines is 1. The maximum Gasteiger partial charge on any atom is 0.322 e.